The van der Waals surface area contributed by atoms with Crippen LogP contribution in [0.5, 0.6) is 11.5 Å². The summed E-state index contributed by atoms with van der Waals surface area (Å²) in [5, 5.41) is 24.2. The number of ether oxygens (including phenoxy) is 1. The number of halogens is 2. The summed E-state index contributed by atoms with van der Waals surface area (Å²) in [7, 11) is 0. The third-order valence-corrected chi connectivity index (χ3v) is 6.14. The fourth-order valence-electron chi connectivity index (χ4n) is 3.01. The minimum absolute atomic E-state index is 0.0683. The largest absolute Gasteiger partial charge is 0.508 e. The Kier molecular flexibility index (Phi) is 8.68. The lowest BCUT2D eigenvalue weighted by atomic mass is 10.1. The van der Waals surface area contributed by atoms with E-state index in [2.05, 4.69) is 42.5 Å². The van der Waals surface area contributed by atoms with Gasteiger partial charge in [-0.05, 0) is 117 Å². The smallest absolute Gasteiger partial charge is 0.266 e. The molecule has 2 amide bonds. The van der Waals surface area contributed by atoms with Crippen LogP contribution in [0.25, 0.3) is 6.08 Å². The summed E-state index contributed by atoms with van der Waals surface area (Å²) in [6, 6.07) is 16.8. The van der Waals surface area contributed by atoms with E-state index >= 15 is 0 Å². The van der Waals surface area contributed by atoms with Crippen molar-refractivity contribution in [3.8, 4) is 17.6 Å². The van der Waals surface area contributed by atoms with Gasteiger partial charge in [-0.1, -0.05) is 6.07 Å². The number of nitrogens with one attached hydrogen (secondary N) is 2. The van der Waals surface area contributed by atoms with Crippen molar-refractivity contribution in [2.45, 2.75) is 13.8 Å². The number of amides is 2. The van der Waals surface area contributed by atoms with Gasteiger partial charge in [0, 0.05) is 11.4 Å². The summed E-state index contributed by atoms with van der Waals surface area (Å²) >= 11 is 6.84. The fourth-order valence-corrected chi connectivity index (χ4v) is 4.46. The second kappa shape index (κ2) is 11.7. The molecule has 9 heteroatoms. The van der Waals surface area contributed by atoms with Gasteiger partial charge in [0.05, 0.1) is 8.95 Å². The molecule has 0 fully saturated rings. The van der Waals surface area contributed by atoms with Crippen LogP contribution in [0.2, 0.25) is 0 Å². The van der Waals surface area contributed by atoms with E-state index in [1.54, 1.807) is 12.1 Å². The molecule has 35 heavy (non-hydrogen) atoms. The topological polar surface area (TPSA) is 111 Å². The van der Waals surface area contributed by atoms with Crippen LogP contribution in [0.3, 0.4) is 0 Å². The molecule has 0 unspecified atom stereocenters. The summed E-state index contributed by atoms with van der Waals surface area (Å²) in [6.45, 7) is 3.76. The van der Waals surface area contributed by atoms with Crippen molar-refractivity contribution in [1.82, 2.24) is 0 Å². The molecule has 0 saturated heterocycles. The van der Waals surface area contributed by atoms with Gasteiger partial charge >= 0.3 is 0 Å². The molecule has 0 saturated carbocycles. The number of aromatic hydroxyl groups is 1. The minimum Gasteiger partial charge on any atom is -0.508 e. The van der Waals surface area contributed by atoms with Crippen molar-refractivity contribution in [1.29, 1.82) is 5.26 Å². The van der Waals surface area contributed by atoms with Gasteiger partial charge < -0.3 is 20.5 Å². The predicted octanol–water partition coefficient (Wildman–Crippen LogP) is 6.10. The van der Waals surface area contributed by atoms with Gasteiger partial charge in [0.1, 0.15) is 23.1 Å². The Hall–Kier alpha value is -3.61. The average Bonchev–Trinajstić information content (AvgIpc) is 2.80. The fraction of sp³-hybridized carbons (Fsp3) is 0.115. The van der Waals surface area contributed by atoms with Crippen molar-refractivity contribution in [2.24, 2.45) is 0 Å². The van der Waals surface area contributed by atoms with Gasteiger partial charge in [0.15, 0.2) is 6.61 Å². The quantitative estimate of drug-likeness (QED) is 0.173. The zero-order valence-corrected chi connectivity index (χ0v) is 22.0. The first-order chi connectivity index (χ1) is 16.7. The van der Waals surface area contributed by atoms with Crippen molar-refractivity contribution < 1.29 is 19.4 Å². The lowest BCUT2D eigenvalue weighted by Crippen LogP contribution is -2.20. The molecule has 0 atom stereocenters. The number of phenolic OH excluding ortho intramolecular Hbond substituents is 1. The van der Waals surface area contributed by atoms with Crippen molar-refractivity contribution in [3.63, 3.8) is 0 Å². The van der Waals surface area contributed by atoms with E-state index in [1.165, 1.54) is 30.3 Å². The SMILES string of the molecule is Cc1ccc(NC(=O)COc2c(Br)cc(/C=C(\C#N)C(=O)Nc3ccc(O)cc3)cc2Br)cc1C. The molecule has 0 radical (unpaired) electrons. The summed E-state index contributed by atoms with van der Waals surface area (Å²) in [5.41, 5.74) is 3.80. The maximum Gasteiger partial charge on any atom is 0.266 e. The van der Waals surface area contributed by atoms with Crippen LogP contribution in [-0.4, -0.2) is 23.5 Å². The molecular weight excluding hydrogens is 578 g/mol. The lowest BCUT2D eigenvalue weighted by molar-refractivity contribution is -0.118. The molecule has 0 spiro atoms. The molecule has 3 N–H and O–H groups in total. The van der Waals surface area contributed by atoms with Gasteiger partial charge in [-0.15, -0.1) is 0 Å². The Morgan fingerprint density at radius 2 is 1.60 bits per heavy atom. The molecular formula is C26H21Br2N3O4. The van der Waals surface area contributed by atoms with Crippen LogP contribution in [0.1, 0.15) is 16.7 Å². The lowest BCUT2D eigenvalue weighted by Gasteiger charge is -2.12. The van der Waals surface area contributed by atoms with E-state index in [-0.39, 0.29) is 23.8 Å². The average molecular weight is 599 g/mol. The van der Waals surface area contributed by atoms with Crippen LogP contribution in [0, 0.1) is 25.2 Å². The highest BCUT2D eigenvalue weighted by molar-refractivity contribution is 9.11. The van der Waals surface area contributed by atoms with E-state index in [0.29, 0.717) is 31.6 Å². The summed E-state index contributed by atoms with van der Waals surface area (Å²) in [6.07, 6.45) is 1.43. The van der Waals surface area contributed by atoms with Crippen LogP contribution >= 0.6 is 31.9 Å². The number of anilines is 2. The number of rotatable bonds is 7. The number of hydrogen-bond acceptors (Lipinski definition) is 5. The van der Waals surface area contributed by atoms with Gasteiger partial charge in [0.2, 0.25) is 0 Å². The van der Waals surface area contributed by atoms with Crippen LogP contribution in [0.4, 0.5) is 11.4 Å². The highest BCUT2D eigenvalue weighted by Gasteiger charge is 2.14. The van der Waals surface area contributed by atoms with E-state index in [4.69, 9.17) is 4.74 Å². The molecule has 0 aliphatic rings. The molecule has 3 rings (SSSR count). The Morgan fingerprint density at radius 1 is 0.971 bits per heavy atom. The molecule has 0 aliphatic carbocycles. The number of phenols is 1. The zero-order chi connectivity index (χ0) is 25.5. The number of benzene rings is 3. The first kappa shape index (κ1) is 26.0. The minimum atomic E-state index is -0.589. The third-order valence-electron chi connectivity index (χ3n) is 4.96. The molecule has 0 bridgehead atoms. The molecule has 3 aromatic rings. The standard InChI is InChI=1S/C26H21Br2N3O4/c1-15-3-4-20(9-16(15)2)30-24(33)14-35-25-22(27)11-17(12-23(25)28)10-18(13-29)26(34)31-19-5-7-21(32)8-6-19/h3-12,32H,14H2,1-2H3,(H,30,33)(H,31,34)/b18-10+. The zero-order valence-electron chi connectivity index (χ0n) is 18.9. The van der Waals surface area contributed by atoms with Gasteiger partial charge in [-0.2, -0.15) is 5.26 Å². The predicted molar refractivity (Wildman–Crippen MR) is 142 cm³/mol. The Balaban J connectivity index is 1.68. The number of aryl methyl sites for hydroxylation is 2. The van der Waals surface area contributed by atoms with E-state index in [1.807, 2.05) is 38.1 Å². The van der Waals surface area contributed by atoms with Crippen molar-refractivity contribution >= 4 is 61.1 Å². The number of carbonyl (C=O) groups is 2. The normalized spacial score (nSPS) is 10.9. The number of nitrogens with zero attached hydrogens (tertiary/aromatic N) is 1. The Labute approximate surface area is 219 Å². The highest BCUT2D eigenvalue weighted by Crippen LogP contribution is 2.35. The van der Waals surface area contributed by atoms with Crippen molar-refractivity contribution in [2.75, 3.05) is 17.2 Å². The molecule has 7 nitrogen and oxygen atoms in total. The van der Waals surface area contributed by atoms with E-state index < -0.39 is 5.91 Å². The maximum absolute atomic E-state index is 12.5. The monoisotopic (exact) mass is 597 g/mol. The second-order valence-electron chi connectivity index (χ2n) is 7.62. The summed E-state index contributed by atoms with van der Waals surface area (Å²) in [5.74, 6) is -0.425. The number of nitriles is 1. The Morgan fingerprint density at radius 3 is 2.20 bits per heavy atom. The van der Waals surface area contributed by atoms with Gasteiger partial charge in [-0.25, -0.2) is 0 Å². The molecule has 3 aromatic carbocycles. The summed E-state index contributed by atoms with van der Waals surface area (Å²) < 4.78 is 6.76. The first-order valence-corrected chi connectivity index (χ1v) is 12.0. The van der Waals surface area contributed by atoms with Gasteiger partial charge in [-0.3, -0.25) is 9.59 Å². The van der Waals surface area contributed by atoms with Crippen LogP contribution in [0.15, 0.2) is 69.1 Å². The maximum atomic E-state index is 12.5. The Bertz CT molecular complexity index is 1320. The number of carbonyl (C=O) groups excluding carboxylic acids is 2. The second-order valence-corrected chi connectivity index (χ2v) is 9.33. The van der Waals surface area contributed by atoms with Crippen LogP contribution in [-0.2, 0) is 9.59 Å². The third kappa shape index (κ3) is 7.18. The van der Waals surface area contributed by atoms with E-state index in [9.17, 15) is 20.0 Å². The highest BCUT2D eigenvalue weighted by atomic mass is 79.9. The van der Waals surface area contributed by atoms with Crippen molar-refractivity contribution in [3.05, 3.63) is 85.8 Å². The van der Waals surface area contributed by atoms with Gasteiger partial charge in [0.25, 0.3) is 11.8 Å². The number of hydrogen-bond donors (Lipinski definition) is 3. The first-order valence-electron chi connectivity index (χ1n) is 10.4. The molecule has 0 aliphatic heterocycles. The molecule has 178 valence electrons. The van der Waals surface area contributed by atoms with E-state index in [0.717, 1.165) is 11.1 Å². The van der Waals surface area contributed by atoms with Crippen LogP contribution < -0.4 is 15.4 Å². The molecule has 0 heterocycles. The summed E-state index contributed by atoms with van der Waals surface area (Å²) in [4.78, 5) is 24.8. The molecule has 0 aromatic heterocycles.